The van der Waals surface area contributed by atoms with Gasteiger partial charge in [-0.1, -0.05) is 6.92 Å². The van der Waals surface area contributed by atoms with Crippen LogP contribution in [0.2, 0.25) is 0 Å². The maximum atomic E-state index is 12.0. The summed E-state index contributed by atoms with van der Waals surface area (Å²) in [5, 5.41) is 4.55. The third kappa shape index (κ3) is 4.46. The number of ether oxygens (including phenoxy) is 1. The number of aryl methyl sites for hydroxylation is 1. The highest BCUT2D eigenvalue weighted by molar-refractivity contribution is 7.11. The van der Waals surface area contributed by atoms with E-state index in [1.807, 2.05) is 0 Å². The molecule has 1 aliphatic carbocycles. The fraction of sp³-hybridized carbons (Fsp3) is 0.786. The van der Waals surface area contributed by atoms with Crippen LogP contribution in [0.15, 0.2) is 0 Å². The molecule has 0 bridgehead atoms. The molecule has 0 spiro atoms. The SMILES string of the molecule is CCCNC1CCCc2sc(CCOCC(F)F)nc21. The number of hydrogen-bond donors (Lipinski definition) is 1. The summed E-state index contributed by atoms with van der Waals surface area (Å²) in [6, 6.07) is 0.366. The van der Waals surface area contributed by atoms with E-state index in [1.165, 1.54) is 17.0 Å². The fourth-order valence-electron chi connectivity index (χ4n) is 2.42. The molecule has 0 radical (unpaired) electrons. The first kappa shape index (κ1) is 15.8. The molecule has 1 aromatic rings. The van der Waals surface area contributed by atoms with Gasteiger partial charge in [-0.3, -0.25) is 0 Å². The van der Waals surface area contributed by atoms with Crippen molar-refractivity contribution in [2.45, 2.75) is 51.5 Å². The summed E-state index contributed by atoms with van der Waals surface area (Å²) in [5.74, 6) is 0. The van der Waals surface area contributed by atoms with E-state index < -0.39 is 13.0 Å². The van der Waals surface area contributed by atoms with Gasteiger partial charge in [0.1, 0.15) is 6.61 Å². The summed E-state index contributed by atoms with van der Waals surface area (Å²) in [7, 11) is 0. The second-order valence-electron chi connectivity index (χ2n) is 5.03. The first-order valence-corrected chi connectivity index (χ1v) is 8.10. The van der Waals surface area contributed by atoms with Crippen LogP contribution < -0.4 is 5.32 Å². The molecule has 1 atom stereocenters. The first-order chi connectivity index (χ1) is 9.70. The smallest absolute Gasteiger partial charge is 0.261 e. The Kier molecular flexibility index (Phi) is 6.32. The van der Waals surface area contributed by atoms with E-state index in [1.54, 1.807) is 11.3 Å². The van der Waals surface area contributed by atoms with Crippen molar-refractivity contribution in [3.63, 3.8) is 0 Å². The van der Waals surface area contributed by atoms with Crippen LogP contribution in [0.4, 0.5) is 8.78 Å². The van der Waals surface area contributed by atoms with E-state index in [9.17, 15) is 8.78 Å². The van der Waals surface area contributed by atoms with Gasteiger partial charge in [-0.15, -0.1) is 11.3 Å². The molecule has 0 saturated carbocycles. The van der Waals surface area contributed by atoms with E-state index in [4.69, 9.17) is 9.72 Å². The van der Waals surface area contributed by atoms with E-state index in [0.29, 0.717) is 19.1 Å². The normalized spacial score (nSPS) is 18.5. The van der Waals surface area contributed by atoms with Crippen molar-refractivity contribution in [2.24, 2.45) is 0 Å². The van der Waals surface area contributed by atoms with Crippen LogP contribution in [0, 0.1) is 0 Å². The van der Waals surface area contributed by atoms with Gasteiger partial charge in [-0.2, -0.15) is 0 Å². The molecule has 3 nitrogen and oxygen atoms in total. The average Bonchev–Trinajstić information content (AvgIpc) is 2.84. The van der Waals surface area contributed by atoms with Crippen LogP contribution in [0.25, 0.3) is 0 Å². The number of hydrogen-bond acceptors (Lipinski definition) is 4. The van der Waals surface area contributed by atoms with Crippen molar-refractivity contribution in [2.75, 3.05) is 19.8 Å². The van der Waals surface area contributed by atoms with Gasteiger partial charge in [-0.05, 0) is 32.2 Å². The Labute approximate surface area is 122 Å². The van der Waals surface area contributed by atoms with Crippen LogP contribution in [-0.2, 0) is 17.6 Å². The molecule has 0 aliphatic heterocycles. The Balaban J connectivity index is 1.88. The third-order valence-electron chi connectivity index (χ3n) is 3.34. The summed E-state index contributed by atoms with van der Waals surface area (Å²) in [4.78, 5) is 6.05. The lowest BCUT2D eigenvalue weighted by molar-refractivity contribution is 0.0187. The molecule has 1 N–H and O–H groups in total. The van der Waals surface area contributed by atoms with Crippen LogP contribution in [0.5, 0.6) is 0 Å². The molecular weight excluding hydrogens is 282 g/mol. The minimum atomic E-state index is -2.39. The van der Waals surface area contributed by atoms with Gasteiger partial charge >= 0.3 is 0 Å². The fourth-order valence-corrected chi connectivity index (χ4v) is 3.58. The number of alkyl halides is 2. The molecule has 2 rings (SSSR count). The highest BCUT2D eigenvalue weighted by Crippen LogP contribution is 2.33. The van der Waals surface area contributed by atoms with Crippen molar-refractivity contribution in [3.05, 3.63) is 15.6 Å². The zero-order valence-electron chi connectivity index (χ0n) is 11.8. The summed E-state index contributed by atoms with van der Waals surface area (Å²) in [6.45, 7) is 3.01. The standard InChI is InChI=1S/C14H22F2N2OS/c1-2-7-17-10-4-3-5-11-14(10)18-13(20-11)6-8-19-9-12(15)16/h10,12,17H,2-9H2,1H3. The molecule has 1 heterocycles. The summed E-state index contributed by atoms with van der Waals surface area (Å²) < 4.78 is 28.9. The Bertz CT molecular complexity index is 412. The summed E-state index contributed by atoms with van der Waals surface area (Å²) >= 11 is 1.71. The van der Waals surface area contributed by atoms with Crippen LogP contribution >= 0.6 is 11.3 Å². The maximum Gasteiger partial charge on any atom is 0.261 e. The van der Waals surface area contributed by atoms with Gasteiger partial charge in [0.2, 0.25) is 0 Å². The van der Waals surface area contributed by atoms with Gasteiger partial charge in [-0.25, -0.2) is 13.8 Å². The third-order valence-corrected chi connectivity index (χ3v) is 4.53. The Hall–Kier alpha value is -0.590. The monoisotopic (exact) mass is 304 g/mol. The molecule has 6 heteroatoms. The van der Waals surface area contributed by atoms with Gasteiger partial charge < -0.3 is 10.1 Å². The lowest BCUT2D eigenvalue weighted by atomic mass is 9.97. The van der Waals surface area contributed by atoms with Crippen molar-refractivity contribution >= 4 is 11.3 Å². The second kappa shape index (κ2) is 8.00. The van der Waals surface area contributed by atoms with Gasteiger partial charge in [0.05, 0.1) is 23.4 Å². The number of nitrogens with one attached hydrogen (secondary N) is 1. The highest BCUT2D eigenvalue weighted by Gasteiger charge is 2.23. The number of thiazole rings is 1. The van der Waals surface area contributed by atoms with E-state index in [0.717, 1.165) is 30.8 Å². The van der Waals surface area contributed by atoms with Crippen molar-refractivity contribution in [1.29, 1.82) is 0 Å². The number of nitrogens with zero attached hydrogens (tertiary/aromatic N) is 1. The van der Waals surface area contributed by atoms with Crippen LogP contribution in [0.1, 0.15) is 47.8 Å². The lowest BCUT2D eigenvalue weighted by Gasteiger charge is -2.22. The Morgan fingerprint density at radius 1 is 1.50 bits per heavy atom. The molecule has 0 aromatic carbocycles. The highest BCUT2D eigenvalue weighted by atomic mass is 32.1. The van der Waals surface area contributed by atoms with E-state index >= 15 is 0 Å². The van der Waals surface area contributed by atoms with Crippen LogP contribution in [0.3, 0.4) is 0 Å². The first-order valence-electron chi connectivity index (χ1n) is 7.28. The Morgan fingerprint density at radius 3 is 3.10 bits per heavy atom. The van der Waals surface area contributed by atoms with E-state index in [-0.39, 0.29) is 0 Å². The zero-order valence-corrected chi connectivity index (χ0v) is 12.6. The van der Waals surface area contributed by atoms with Gasteiger partial charge in [0.25, 0.3) is 6.43 Å². The van der Waals surface area contributed by atoms with E-state index in [2.05, 4.69) is 12.2 Å². The largest absolute Gasteiger partial charge is 0.375 e. The molecule has 1 aliphatic rings. The number of fused-ring (bicyclic) bond motifs is 1. The molecule has 1 unspecified atom stereocenters. The molecule has 0 saturated heterocycles. The quantitative estimate of drug-likeness (QED) is 0.748. The Morgan fingerprint density at radius 2 is 2.35 bits per heavy atom. The minimum absolute atomic E-state index is 0.323. The molecule has 114 valence electrons. The molecule has 0 amide bonds. The number of rotatable bonds is 8. The van der Waals surface area contributed by atoms with Crippen molar-refractivity contribution < 1.29 is 13.5 Å². The predicted octanol–water partition coefficient (Wildman–Crippen LogP) is 3.34. The van der Waals surface area contributed by atoms with Crippen LogP contribution in [-0.4, -0.2) is 31.2 Å². The molecule has 0 fully saturated rings. The minimum Gasteiger partial charge on any atom is -0.375 e. The van der Waals surface area contributed by atoms with Crippen molar-refractivity contribution in [1.82, 2.24) is 10.3 Å². The molecular formula is C14H22F2N2OS. The molecule has 1 aromatic heterocycles. The lowest BCUT2D eigenvalue weighted by Crippen LogP contribution is -2.25. The average molecular weight is 304 g/mol. The van der Waals surface area contributed by atoms with Gasteiger partial charge in [0, 0.05) is 11.3 Å². The predicted molar refractivity (Wildman–Crippen MR) is 76.6 cm³/mol. The summed E-state index contributed by atoms with van der Waals surface area (Å²) in [6.07, 6.45) is 2.78. The number of halogens is 2. The second-order valence-corrected chi connectivity index (χ2v) is 6.20. The maximum absolute atomic E-state index is 12.0. The number of aromatic nitrogens is 1. The molecule has 20 heavy (non-hydrogen) atoms. The topological polar surface area (TPSA) is 34.1 Å². The summed E-state index contributed by atoms with van der Waals surface area (Å²) in [5.41, 5.74) is 1.18. The van der Waals surface area contributed by atoms with Gasteiger partial charge in [0.15, 0.2) is 0 Å². The zero-order chi connectivity index (χ0) is 14.4. The van der Waals surface area contributed by atoms with Crippen molar-refractivity contribution in [3.8, 4) is 0 Å².